The van der Waals surface area contributed by atoms with Crippen LogP contribution in [0, 0.1) is 5.82 Å². The summed E-state index contributed by atoms with van der Waals surface area (Å²) < 4.78 is 49.8. The van der Waals surface area contributed by atoms with Gasteiger partial charge in [-0.3, -0.25) is 4.68 Å². The van der Waals surface area contributed by atoms with Crippen molar-refractivity contribution in [3.05, 3.63) is 58.2 Å². The molecule has 10 heteroatoms. The molecule has 2 fully saturated rings. The second-order valence-electron chi connectivity index (χ2n) is 7.55. The first-order valence-corrected chi connectivity index (χ1v) is 10.8. The van der Waals surface area contributed by atoms with Gasteiger partial charge in [-0.25, -0.2) is 9.37 Å². The van der Waals surface area contributed by atoms with E-state index in [0.29, 0.717) is 23.1 Å². The first kappa shape index (κ1) is 19.1. The average Bonchev–Trinajstić information content (AvgIpc) is 3.44. The highest BCUT2D eigenvalue weighted by Gasteiger charge is 2.43. The molecule has 1 unspecified atom stereocenters. The zero-order chi connectivity index (χ0) is 24.3. The zero-order valence-corrected chi connectivity index (χ0v) is 18.5. The molecule has 0 aliphatic carbocycles. The van der Waals surface area contributed by atoms with Crippen molar-refractivity contribution in [1.82, 2.24) is 14.8 Å². The SMILES string of the molecule is [2H][C@@]12OCC[C@]1([2H])OCC2n1cc(-c2cnc(N)c(O[C@H](C)c3c(Cl)ccc(F)c3Cl)c2)cn1. The lowest BCUT2D eigenvalue weighted by Crippen LogP contribution is -2.25. The van der Waals surface area contributed by atoms with E-state index in [1.54, 1.807) is 36.3 Å². The molecule has 7 nitrogen and oxygen atoms in total. The fourth-order valence-corrected chi connectivity index (χ4v) is 4.54. The van der Waals surface area contributed by atoms with Gasteiger partial charge in [0.15, 0.2) is 11.6 Å². The van der Waals surface area contributed by atoms with E-state index in [1.165, 1.54) is 12.1 Å². The van der Waals surface area contributed by atoms with Crippen molar-refractivity contribution in [2.75, 3.05) is 18.9 Å². The van der Waals surface area contributed by atoms with E-state index in [4.69, 9.17) is 45.9 Å². The lowest BCUT2D eigenvalue weighted by atomic mass is 10.1. The maximum absolute atomic E-state index is 14.0. The maximum atomic E-state index is 14.0. The van der Waals surface area contributed by atoms with Gasteiger partial charge < -0.3 is 19.9 Å². The van der Waals surface area contributed by atoms with E-state index in [9.17, 15) is 4.39 Å². The molecule has 0 radical (unpaired) electrons. The number of fused-ring (bicyclic) bond motifs is 1. The lowest BCUT2D eigenvalue weighted by Gasteiger charge is -2.19. The largest absolute Gasteiger partial charge is 0.482 e. The van der Waals surface area contributed by atoms with Crippen LogP contribution in [0.5, 0.6) is 5.75 Å². The number of anilines is 1. The molecule has 4 atom stereocenters. The number of ether oxygens (including phenoxy) is 3. The Kier molecular flexibility index (Phi) is 5.09. The quantitative estimate of drug-likeness (QED) is 0.525. The minimum absolute atomic E-state index is 0.119. The van der Waals surface area contributed by atoms with E-state index < -0.39 is 30.1 Å². The number of hydrogen-bond acceptors (Lipinski definition) is 6. The molecule has 2 aliphatic rings. The average molecular weight is 481 g/mol. The summed E-state index contributed by atoms with van der Waals surface area (Å²) in [5, 5.41) is 4.53. The number of hydrogen-bond donors (Lipinski definition) is 1. The highest BCUT2D eigenvalue weighted by molar-refractivity contribution is 6.36. The molecule has 0 bridgehead atoms. The van der Waals surface area contributed by atoms with Crippen molar-refractivity contribution in [2.45, 2.75) is 37.7 Å². The number of aromatic nitrogens is 3. The Morgan fingerprint density at radius 2 is 2.16 bits per heavy atom. The molecule has 2 saturated heterocycles. The third kappa shape index (κ3) is 3.81. The molecule has 0 amide bonds. The Balaban J connectivity index is 1.41. The van der Waals surface area contributed by atoms with Crippen LogP contribution < -0.4 is 10.5 Å². The van der Waals surface area contributed by atoms with Crippen molar-refractivity contribution < 1.29 is 21.3 Å². The predicted octanol–water partition coefficient (Wildman–Crippen LogP) is 4.84. The van der Waals surface area contributed by atoms with Crippen LogP contribution in [-0.4, -0.2) is 40.1 Å². The summed E-state index contributed by atoms with van der Waals surface area (Å²) in [7, 11) is 0. The maximum Gasteiger partial charge on any atom is 0.166 e. The Morgan fingerprint density at radius 3 is 3.00 bits per heavy atom. The van der Waals surface area contributed by atoms with E-state index >= 15 is 0 Å². The van der Waals surface area contributed by atoms with E-state index in [0.717, 1.165) is 0 Å². The third-order valence-electron chi connectivity index (χ3n) is 5.51. The molecule has 0 saturated carbocycles. The number of halogens is 3. The molecular formula is C22H21Cl2FN4O3. The summed E-state index contributed by atoms with van der Waals surface area (Å²) in [5.74, 6) is -0.200. The first-order valence-electron chi connectivity index (χ1n) is 11.0. The second kappa shape index (κ2) is 8.51. The van der Waals surface area contributed by atoms with Gasteiger partial charge in [0.2, 0.25) is 0 Å². The van der Waals surface area contributed by atoms with Crippen molar-refractivity contribution in [2.24, 2.45) is 0 Å². The van der Waals surface area contributed by atoms with E-state index in [2.05, 4.69) is 10.1 Å². The summed E-state index contributed by atoms with van der Waals surface area (Å²) in [6.45, 7) is 2.12. The van der Waals surface area contributed by atoms with Gasteiger partial charge in [-0.2, -0.15) is 5.10 Å². The summed E-state index contributed by atoms with van der Waals surface area (Å²) in [5.41, 5.74) is 7.67. The van der Waals surface area contributed by atoms with Crippen LogP contribution in [0.15, 0.2) is 36.8 Å². The predicted molar refractivity (Wildman–Crippen MR) is 118 cm³/mol. The standard InChI is InChI=1S/C22H21Cl2FN4O3/c1-11(19-14(23)2-3-15(25)20(19)24)32-18-6-12(7-27-22(18)26)13-8-28-29(9-13)16-10-31-17-4-5-30-21(16)17/h2-3,6-9,11,16-17,21H,4-5,10H2,1H3,(H2,26,27)/t11-,16?,17+,21+/m1/s1/i17D,21D. The lowest BCUT2D eigenvalue weighted by molar-refractivity contribution is 0.0634. The van der Waals surface area contributed by atoms with Crippen LogP contribution in [0.3, 0.4) is 0 Å². The number of rotatable bonds is 5. The Bertz CT molecular complexity index is 1260. The number of pyridine rings is 1. The summed E-state index contributed by atoms with van der Waals surface area (Å²) in [6.07, 6.45) is 1.59. The second-order valence-corrected chi connectivity index (χ2v) is 8.33. The van der Waals surface area contributed by atoms with Crippen molar-refractivity contribution >= 4 is 29.0 Å². The highest BCUT2D eigenvalue weighted by atomic mass is 35.5. The van der Waals surface area contributed by atoms with Gasteiger partial charge in [-0.15, -0.1) is 0 Å². The highest BCUT2D eigenvalue weighted by Crippen LogP contribution is 2.38. The number of benzene rings is 1. The van der Waals surface area contributed by atoms with Gasteiger partial charge in [-0.05, 0) is 31.5 Å². The molecular weight excluding hydrogens is 458 g/mol. The molecule has 2 aliphatic heterocycles. The molecule has 32 heavy (non-hydrogen) atoms. The Morgan fingerprint density at radius 1 is 1.31 bits per heavy atom. The molecule has 168 valence electrons. The molecule has 2 aromatic heterocycles. The Labute approximate surface area is 197 Å². The number of nitrogens with zero attached hydrogens (tertiary/aromatic N) is 3. The van der Waals surface area contributed by atoms with Crippen molar-refractivity contribution in [1.29, 1.82) is 0 Å². The van der Waals surface area contributed by atoms with Gasteiger partial charge >= 0.3 is 0 Å². The van der Waals surface area contributed by atoms with Gasteiger partial charge in [0.05, 0.1) is 26.6 Å². The van der Waals surface area contributed by atoms with E-state index in [-0.39, 0.29) is 34.8 Å². The summed E-state index contributed by atoms with van der Waals surface area (Å²) in [6, 6.07) is 3.71. The number of nitrogen functional groups attached to an aromatic ring is 1. The smallest absolute Gasteiger partial charge is 0.166 e. The summed E-state index contributed by atoms with van der Waals surface area (Å²) in [4.78, 5) is 4.21. The van der Waals surface area contributed by atoms with Crippen LogP contribution in [0.25, 0.3) is 11.1 Å². The normalized spacial score (nSPS) is 28.8. The van der Waals surface area contributed by atoms with Gasteiger partial charge in [0, 0.05) is 40.7 Å². The summed E-state index contributed by atoms with van der Waals surface area (Å²) >= 11 is 12.3. The fraction of sp³-hybridized carbons (Fsp3) is 0.364. The van der Waals surface area contributed by atoms with Crippen LogP contribution in [0.2, 0.25) is 10.0 Å². The van der Waals surface area contributed by atoms with Crippen LogP contribution >= 0.6 is 23.2 Å². The molecule has 2 N–H and O–H groups in total. The third-order valence-corrected chi connectivity index (χ3v) is 6.22. The van der Waals surface area contributed by atoms with Crippen molar-refractivity contribution in [3.8, 4) is 16.9 Å². The fourth-order valence-electron chi connectivity index (χ4n) is 3.86. The monoisotopic (exact) mass is 480 g/mol. The molecule has 5 rings (SSSR count). The molecule has 3 aromatic rings. The first-order chi connectivity index (χ1) is 16.1. The number of nitrogens with two attached hydrogens (primary N) is 1. The molecule has 1 aromatic carbocycles. The van der Waals surface area contributed by atoms with Gasteiger partial charge in [-0.1, -0.05) is 23.2 Å². The van der Waals surface area contributed by atoms with Crippen LogP contribution in [0.4, 0.5) is 10.2 Å². The van der Waals surface area contributed by atoms with Crippen molar-refractivity contribution in [3.63, 3.8) is 0 Å². The topological polar surface area (TPSA) is 84.4 Å². The Hall–Kier alpha value is -2.39. The molecule has 0 spiro atoms. The van der Waals surface area contributed by atoms with Gasteiger partial charge in [0.1, 0.15) is 24.0 Å². The minimum Gasteiger partial charge on any atom is -0.482 e. The van der Waals surface area contributed by atoms with Crippen LogP contribution in [0.1, 0.15) is 33.8 Å². The molecule has 4 heterocycles. The zero-order valence-electron chi connectivity index (χ0n) is 19.0. The van der Waals surface area contributed by atoms with Gasteiger partial charge in [0.25, 0.3) is 0 Å². The minimum atomic E-state index is -1.54. The van der Waals surface area contributed by atoms with E-state index in [1.807, 2.05) is 0 Å². The van der Waals surface area contributed by atoms with Crippen LogP contribution in [-0.2, 0) is 9.47 Å².